The van der Waals surface area contributed by atoms with Gasteiger partial charge in [0.2, 0.25) is 0 Å². The van der Waals surface area contributed by atoms with Crippen molar-refractivity contribution in [3.8, 4) is 0 Å². The summed E-state index contributed by atoms with van der Waals surface area (Å²) < 4.78 is 13.5. The maximum atomic E-state index is 13.5. The summed E-state index contributed by atoms with van der Waals surface area (Å²) in [7, 11) is 1.56. The van der Waals surface area contributed by atoms with E-state index in [1.165, 1.54) is 11.0 Å². The quantitative estimate of drug-likeness (QED) is 0.834. The summed E-state index contributed by atoms with van der Waals surface area (Å²) >= 11 is 0. The molecule has 0 saturated carbocycles. The normalized spacial score (nSPS) is 20.3. The Morgan fingerprint density at radius 1 is 1.38 bits per heavy atom. The fraction of sp³-hybridized carbons (Fsp3) is 0.333. The number of rotatable bonds is 4. The van der Waals surface area contributed by atoms with Crippen LogP contribution in [-0.4, -0.2) is 35.1 Å². The molecule has 2 unspecified atom stereocenters. The Morgan fingerprint density at radius 3 is 2.71 bits per heavy atom. The van der Waals surface area contributed by atoms with Crippen molar-refractivity contribution in [1.29, 1.82) is 0 Å². The third-order valence-corrected chi connectivity index (χ3v) is 3.42. The van der Waals surface area contributed by atoms with Crippen molar-refractivity contribution in [3.63, 3.8) is 0 Å². The molecule has 5 nitrogen and oxygen atoms in total. The summed E-state index contributed by atoms with van der Waals surface area (Å²) in [6.45, 7) is 0.150. The predicted molar refractivity (Wildman–Crippen MR) is 75.1 cm³/mol. The van der Waals surface area contributed by atoms with Crippen LogP contribution in [0.2, 0.25) is 0 Å². The van der Waals surface area contributed by atoms with Gasteiger partial charge in [-0.25, -0.2) is 9.18 Å². The molecule has 0 radical (unpaired) electrons. The molecule has 6 heteroatoms. The average molecular weight is 292 g/mol. The van der Waals surface area contributed by atoms with E-state index in [1.54, 1.807) is 37.4 Å². The van der Waals surface area contributed by atoms with Crippen LogP contribution >= 0.6 is 0 Å². The van der Waals surface area contributed by atoms with Crippen LogP contribution in [0.25, 0.3) is 0 Å². The Hall–Kier alpha value is -2.37. The molecule has 1 aromatic rings. The number of benzene rings is 1. The van der Waals surface area contributed by atoms with Gasteiger partial charge in [0, 0.05) is 19.2 Å². The molecule has 21 heavy (non-hydrogen) atoms. The number of amides is 2. The van der Waals surface area contributed by atoms with Crippen molar-refractivity contribution in [1.82, 2.24) is 10.2 Å². The van der Waals surface area contributed by atoms with E-state index in [4.69, 9.17) is 5.11 Å². The lowest BCUT2D eigenvalue weighted by Crippen LogP contribution is -2.42. The first kappa shape index (κ1) is 15.0. The van der Waals surface area contributed by atoms with E-state index in [9.17, 15) is 14.0 Å². The van der Waals surface area contributed by atoms with Crippen LogP contribution < -0.4 is 5.32 Å². The Kier molecular flexibility index (Phi) is 4.57. The summed E-state index contributed by atoms with van der Waals surface area (Å²) in [4.78, 5) is 24.2. The summed E-state index contributed by atoms with van der Waals surface area (Å²) in [5.41, 5.74) is 0.431. The van der Waals surface area contributed by atoms with Crippen molar-refractivity contribution in [2.45, 2.75) is 19.0 Å². The zero-order chi connectivity index (χ0) is 15.4. The predicted octanol–water partition coefficient (Wildman–Crippen LogP) is 2.00. The summed E-state index contributed by atoms with van der Waals surface area (Å²) in [6, 6.07) is 5.60. The van der Waals surface area contributed by atoms with E-state index in [2.05, 4.69) is 5.32 Å². The molecule has 1 aliphatic rings. The van der Waals surface area contributed by atoms with Crippen LogP contribution in [0, 0.1) is 11.7 Å². The van der Waals surface area contributed by atoms with Gasteiger partial charge in [-0.05, 0) is 12.5 Å². The number of nitrogens with one attached hydrogen (secondary N) is 1. The largest absolute Gasteiger partial charge is 0.481 e. The maximum Gasteiger partial charge on any atom is 0.317 e. The van der Waals surface area contributed by atoms with Crippen LogP contribution in [0.1, 0.15) is 12.0 Å². The number of carboxylic acids is 1. The lowest BCUT2D eigenvalue weighted by atomic mass is 10.1. The summed E-state index contributed by atoms with van der Waals surface area (Å²) in [5, 5.41) is 11.6. The molecular weight excluding hydrogens is 275 g/mol. The molecule has 2 N–H and O–H groups in total. The van der Waals surface area contributed by atoms with E-state index in [1.807, 2.05) is 0 Å². The first-order chi connectivity index (χ1) is 9.97. The second kappa shape index (κ2) is 6.39. The van der Waals surface area contributed by atoms with Crippen molar-refractivity contribution in [3.05, 3.63) is 47.8 Å². The highest BCUT2D eigenvalue weighted by atomic mass is 19.1. The van der Waals surface area contributed by atoms with Gasteiger partial charge >= 0.3 is 12.0 Å². The number of aliphatic carboxylic acids is 1. The summed E-state index contributed by atoms with van der Waals surface area (Å²) in [5.74, 6) is -1.82. The fourth-order valence-electron chi connectivity index (χ4n) is 2.21. The van der Waals surface area contributed by atoms with E-state index < -0.39 is 11.9 Å². The van der Waals surface area contributed by atoms with Gasteiger partial charge in [-0.1, -0.05) is 30.4 Å². The number of hydrogen-bond donors (Lipinski definition) is 2. The Balaban J connectivity index is 1.88. The second-order valence-electron chi connectivity index (χ2n) is 5.07. The number of carbonyl (C=O) groups is 2. The fourth-order valence-corrected chi connectivity index (χ4v) is 2.21. The zero-order valence-electron chi connectivity index (χ0n) is 11.6. The van der Waals surface area contributed by atoms with Crippen molar-refractivity contribution < 1.29 is 19.1 Å². The summed E-state index contributed by atoms with van der Waals surface area (Å²) in [6.07, 6.45) is 3.59. The Bertz CT molecular complexity index is 574. The number of halogens is 1. The van der Waals surface area contributed by atoms with Gasteiger partial charge in [0.1, 0.15) is 5.82 Å². The first-order valence-corrected chi connectivity index (χ1v) is 6.63. The van der Waals surface area contributed by atoms with Gasteiger partial charge in [-0.2, -0.15) is 0 Å². The van der Waals surface area contributed by atoms with Crippen LogP contribution in [0.3, 0.4) is 0 Å². The van der Waals surface area contributed by atoms with Crippen LogP contribution in [0.4, 0.5) is 9.18 Å². The molecule has 0 bridgehead atoms. The Labute approximate surface area is 122 Å². The van der Waals surface area contributed by atoms with Gasteiger partial charge in [0.05, 0.1) is 12.0 Å². The van der Waals surface area contributed by atoms with E-state index in [0.29, 0.717) is 12.0 Å². The molecular formula is C15H17FN2O3. The highest BCUT2D eigenvalue weighted by Crippen LogP contribution is 2.18. The molecule has 0 saturated heterocycles. The number of carbonyl (C=O) groups excluding carboxylic acids is 1. The molecule has 112 valence electrons. The number of nitrogens with zero attached hydrogens (tertiary/aromatic N) is 1. The third-order valence-electron chi connectivity index (χ3n) is 3.42. The third kappa shape index (κ3) is 3.81. The highest BCUT2D eigenvalue weighted by molar-refractivity contribution is 5.76. The van der Waals surface area contributed by atoms with Gasteiger partial charge in [0.25, 0.3) is 0 Å². The van der Waals surface area contributed by atoms with Crippen molar-refractivity contribution in [2.75, 3.05) is 7.05 Å². The van der Waals surface area contributed by atoms with Gasteiger partial charge in [0.15, 0.2) is 0 Å². The average Bonchev–Trinajstić information content (AvgIpc) is 2.90. The molecule has 2 rings (SSSR count). The molecule has 1 aromatic carbocycles. The lowest BCUT2D eigenvalue weighted by molar-refractivity contribution is -0.140. The van der Waals surface area contributed by atoms with Crippen LogP contribution in [0.15, 0.2) is 36.4 Å². The van der Waals surface area contributed by atoms with Crippen LogP contribution in [0.5, 0.6) is 0 Å². The van der Waals surface area contributed by atoms with Gasteiger partial charge in [-0.15, -0.1) is 0 Å². The molecule has 0 spiro atoms. The molecule has 2 amide bonds. The minimum Gasteiger partial charge on any atom is -0.481 e. The van der Waals surface area contributed by atoms with E-state index >= 15 is 0 Å². The SMILES string of the molecule is CN(Cc1ccccc1F)C(=O)NC1C=CC(C(=O)O)C1. The highest BCUT2D eigenvalue weighted by Gasteiger charge is 2.26. The monoisotopic (exact) mass is 292 g/mol. The van der Waals surface area contributed by atoms with Crippen LogP contribution in [-0.2, 0) is 11.3 Å². The number of carboxylic acid groups (broad SMARTS) is 1. The minimum absolute atomic E-state index is 0.150. The van der Waals surface area contributed by atoms with E-state index in [0.717, 1.165) is 0 Å². The second-order valence-corrected chi connectivity index (χ2v) is 5.07. The lowest BCUT2D eigenvalue weighted by Gasteiger charge is -2.21. The first-order valence-electron chi connectivity index (χ1n) is 6.63. The van der Waals surface area contributed by atoms with Crippen molar-refractivity contribution >= 4 is 12.0 Å². The van der Waals surface area contributed by atoms with Gasteiger partial charge < -0.3 is 15.3 Å². The number of hydrogen-bond acceptors (Lipinski definition) is 2. The molecule has 0 aliphatic heterocycles. The Morgan fingerprint density at radius 2 is 2.10 bits per heavy atom. The standard InChI is InChI=1S/C15H17FN2O3/c1-18(9-11-4-2-3-5-13(11)16)15(21)17-12-7-6-10(8-12)14(19)20/h2-7,10,12H,8-9H2,1H3,(H,17,21)(H,19,20). The molecule has 1 aliphatic carbocycles. The molecule has 0 aromatic heterocycles. The molecule has 0 fully saturated rings. The minimum atomic E-state index is -0.900. The zero-order valence-corrected chi connectivity index (χ0v) is 11.6. The number of urea groups is 1. The maximum absolute atomic E-state index is 13.5. The topological polar surface area (TPSA) is 69.6 Å². The molecule has 0 heterocycles. The van der Waals surface area contributed by atoms with Crippen molar-refractivity contribution in [2.24, 2.45) is 5.92 Å². The molecule has 2 atom stereocenters. The van der Waals surface area contributed by atoms with E-state index in [-0.39, 0.29) is 24.4 Å². The smallest absolute Gasteiger partial charge is 0.317 e. The van der Waals surface area contributed by atoms with Gasteiger partial charge in [-0.3, -0.25) is 4.79 Å².